The summed E-state index contributed by atoms with van der Waals surface area (Å²) in [5, 5.41) is 13.2. The van der Waals surface area contributed by atoms with E-state index in [0.29, 0.717) is 5.69 Å². The molecular weight excluding hydrogens is 206 g/mol. The molecule has 6 heteroatoms. The minimum Gasteiger partial charge on any atom is -0.350 e. The first kappa shape index (κ1) is 10.0. The highest BCUT2D eigenvalue weighted by molar-refractivity contribution is 5.97. The van der Waals surface area contributed by atoms with E-state index >= 15 is 0 Å². The van der Waals surface area contributed by atoms with E-state index in [0.717, 1.165) is 10.8 Å². The molecule has 0 saturated heterocycles. The summed E-state index contributed by atoms with van der Waals surface area (Å²) in [5.41, 5.74) is 7.54. The van der Waals surface area contributed by atoms with Crippen LogP contribution in [0.2, 0.25) is 0 Å². The van der Waals surface area contributed by atoms with Crippen molar-refractivity contribution in [2.24, 2.45) is 10.8 Å². The van der Waals surface area contributed by atoms with Gasteiger partial charge < -0.3 is 5.73 Å². The Morgan fingerprint density at radius 1 is 1.44 bits per heavy atom. The van der Waals surface area contributed by atoms with Crippen LogP contribution < -0.4 is 11.2 Å². The lowest BCUT2D eigenvalue weighted by atomic mass is 10.1. The predicted octanol–water partition coefficient (Wildman–Crippen LogP) is 0.632. The Morgan fingerprint density at radius 3 is 3.06 bits per heavy atom. The lowest BCUT2D eigenvalue weighted by Crippen LogP contribution is -2.24. The molecule has 1 heterocycles. The van der Waals surface area contributed by atoms with Gasteiger partial charge in [0.05, 0.1) is 12.4 Å². The number of hydrogen-bond donors (Lipinski definition) is 2. The number of hydrazone groups is 1. The van der Waals surface area contributed by atoms with Crippen LogP contribution in [0.4, 0.5) is 4.79 Å². The van der Waals surface area contributed by atoms with Gasteiger partial charge in [-0.3, -0.25) is 0 Å². The maximum Gasteiger partial charge on any atom is 0.332 e. The number of carbonyl (C=O) groups excluding carboxylic acids is 1. The smallest absolute Gasteiger partial charge is 0.332 e. The van der Waals surface area contributed by atoms with Crippen LogP contribution in [0, 0.1) is 0 Å². The van der Waals surface area contributed by atoms with E-state index < -0.39 is 6.03 Å². The first-order valence-electron chi connectivity index (χ1n) is 4.56. The first-order valence-corrected chi connectivity index (χ1v) is 4.56. The molecule has 0 aliphatic rings. The molecule has 1 aromatic carbocycles. The third-order valence-electron chi connectivity index (χ3n) is 1.96. The van der Waals surface area contributed by atoms with Crippen LogP contribution in [0.5, 0.6) is 0 Å². The van der Waals surface area contributed by atoms with Gasteiger partial charge in [-0.05, 0) is 0 Å². The molecule has 0 saturated carbocycles. The zero-order chi connectivity index (χ0) is 11.4. The van der Waals surface area contributed by atoms with E-state index in [-0.39, 0.29) is 0 Å². The fourth-order valence-corrected chi connectivity index (χ4v) is 1.30. The second-order valence-corrected chi connectivity index (χ2v) is 3.05. The number of primary amides is 1. The summed E-state index contributed by atoms with van der Waals surface area (Å²) in [4.78, 5) is 10.4. The van der Waals surface area contributed by atoms with Crippen molar-refractivity contribution in [1.82, 2.24) is 15.6 Å². The molecule has 0 atom stereocenters. The number of aromatic nitrogens is 2. The average molecular weight is 215 g/mol. The molecule has 2 rings (SSSR count). The number of carbonyl (C=O) groups is 1. The van der Waals surface area contributed by atoms with Crippen LogP contribution in [-0.4, -0.2) is 22.4 Å². The molecule has 16 heavy (non-hydrogen) atoms. The summed E-state index contributed by atoms with van der Waals surface area (Å²) >= 11 is 0. The van der Waals surface area contributed by atoms with Gasteiger partial charge in [-0.1, -0.05) is 24.3 Å². The normalized spacial score (nSPS) is 10.8. The van der Waals surface area contributed by atoms with Crippen LogP contribution >= 0.6 is 0 Å². The Morgan fingerprint density at radius 2 is 2.25 bits per heavy atom. The van der Waals surface area contributed by atoms with Crippen molar-refractivity contribution in [3.05, 3.63) is 36.2 Å². The number of benzene rings is 1. The molecule has 0 aliphatic carbocycles. The number of hydrogen-bond acceptors (Lipinski definition) is 4. The second-order valence-electron chi connectivity index (χ2n) is 3.05. The van der Waals surface area contributed by atoms with E-state index in [1.54, 1.807) is 6.20 Å². The summed E-state index contributed by atoms with van der Waals surface area (Å²) in [5.74, 6) is 0. The Kier molecular flexibility index (Phi) is 2.73. The van der Waals surface area contributed by atoms with Gasteiger partial charge in [0, 0.05) is 10.8 Å². The Bertz CT molecular complexity index is 546. The largest absolute Gasteiger partial charge is 0.350 e. The minimum atomic E-state index is -0.718. The van der Waals surface area contributed by atoms with Gasteiger partial charge in [0.25, 0.3) is 0 Å². The molecule has 0 fully saturated rings. The number of nitrogens with two attached hydrogens (primary N) is 1. The molecule has 80 valence electrons. The number of amides is 2. The van der Waals surface area contributed by atoms with Crippen molar-refractivity contribution in [2.75, 3.05) is 0 Å². The van der Waals surface area contributed by atoms with E-state index in [2.05, 4.69) is 20.7 Å². The second kappa shape index (κ2) is 4.35. The van der Waals surface area contributed by atoms with Gasteiger partial charge in [-0.2, -0.15) is 10.2 Å². The van der Waals surface area contributed by atoms with Crippen LogP contribution in [0.3, 0.4) is 0 Å². The number of rotatable bonds is 2. The zero-order valence-corrected chi connectivity index (χ0v) is 8.29. The number of nitrogens with zero attached hydrogens (tertiary/aromatic N) is 3. The highest BCUT2D eigenvalue weighted by atomic mass is 16.2. The van der Waals surface area contributed by atoms with E-state index in [4.69, 9.17) is 5.73 Å². The van der Waals surface area contributed by atoms with Crippen molar-refractivity contribution in [1.29, 1.82) is 0 Å². The molecule has 0 spiro atoms. The van der Waals surface area contributed by atoms with E-state index in [1.165, 1.54) is 6.21 Å². The first-order chi connectivity index (χ1) is 7.77. The maximum atomic E-state index is 10.4. The van der Waals surface area contributed by atoms with Crippen molar-refractivity contribution in [3.63, 3.8) is 0 Å². The highest BCUT2D eigenvalue weighted by Crippen LogP contribution is 2.13. The Hall–Kier alpha value is -2.50. The van der Waals surface area contributed by atoms with Crippen molar-refractivity contribution < 1.29 is 4.79 Å². The third-order valence-corrected chi connectivity index (χ3v) is 1.96. The third kappa shape index (κ3) is 2.11. The maximum absolute atomic E-state index is 10.4. The molecule has 6 nitrogen and oxygen atoms in total. The van der Waals surface area contributed by atoms with Crippen LogP contribution in [0.25, 0.3) is 10.8 Å². The van der Waals surface area contributed by atoms with Crippen molar-refractivity contribution in [3.8, 4) is 0 Å². The zero-order valence-electron chi connectivity index (χ0n) is 8.29. The monoisotopic (exact) mass is 215 g/mol. The summed E-state index contributed by atoms with van der Waals surface area (Å²) in [6, 6.07) is 6.90. The van der Waals surface area contributed by atoms with E-state index in [1.807, 2.05) is 24.3 Å². The topological polar surface area (TPSA) is 93.3 Å². The van der Waals surface area contributed by atoms with Gasteiger partial charge in [-0.25, -0.2) is 10.2 Å². The lowest BCUT2D eigenvalue weighted by Gasteiger charge is -1.98. The van der Waals surface area contributed by atoms with Gasteiger partial charge in [-0.15, -0.1) is 5.10 Å². The summed E-state index contributed by atoms with van der Waals surface area (Å²) in [6.07, 6.45) is 3.06. The highest BCUT2D eigenvalue weighted by Gasteiger charge is 1.99. The SMILES string of the molecule is NC(=O)N/N=C/c1nncc2ccccc12. The molecule has 0 unspecified atom stereocenters. The molecular formula is C10H9N5O. The molecule has 2 amide bonds. The fourth-order valence-electron chi connectivity index (χ4n) is 1.30. The summed E-state index contributed by atoms with van der Waals surface area (Å²) in [7, 11) is 0. The fraction of sp³-hybridized carbons (Fsp3) is 0. The summed E-state index contributed by atoms with van der Waals surface area (Å²) < 4.78 is 0. The molecule has 0 bridgehead atoms. The van der Waals surface area contributed by atoms with Gasteiger partial charge in [0.15, 0.2) is 0 Å². The predicted molar refractivity (Wildman–Crippen MR) is 59.9 cm³/mol. The van der Waals surface area contributed by atoms with Gasteiger partial charge in [0.1, 0.15) is 5.69 Å². The molecule has 2 aromatic rings. The Balaban J connectivity index is 2.37. The molecule has 1 aromatic heterocycles. The van der Waals surface area contributed by atoms with Crippen LogP contribution in [-0.2, 0) is 0 Å². The standard InChI is InChI=1S/C10H9N5O/c11-10(16)15-13-6-9-8-4-2-1-3-7(8)5-12-14-9/h1-6H,(H3,11,15,16)/b13-6+. The lowest BCUT2D eigenvalue weighted by molar-refractivity contribution is 0.249. The number of nitrogens with one attached hydrogen (secondary N) is 1. The van der Waals surface area contributed by atoms with Crippen molar-refractivity contribution in [2.45, 2.75) is 0 Å². The summed E-state index contributed by atoms with van der Waals surface area (Å²) in [6.45, 7) is 0. The Labute approximate surface area is 91.2 Å². The average Bonchev–Trinajstić information content (AvgIpc) is 2.29. The quantitative estimate of drug-likeness (QED) is 0.568. The molecule has 0 aliphatic heterocycles. The van der Waals surface area contributed by atoms with Crippen molar-refractivity contribution >= 4 is 23.0 Å². The minimum absolute atomic E-state index is 0.576. The number of fused-ring (bicyclic) bond motifs is 1. The molecule has 3 N–H and O–H groups in total. The molecule has 0 radical (unpaired) electrons. The number of urea groups is 1. The van der Waals surface area contributed by atoms with E-state index in [9.17, 15) is 4.79 Å². The van der Waals surface area contributed by atoms with Gasteiger partial charge >= 0.3 is 6.03 Å². The van der Waals surface area contributed by atoms with Gasteiger partial charge in [0.2, 0.25) is 0 Å². The van der Waals surface area contributed by atoms with Crippen LogP contribution in [0.15, 0.2) is 35.6 Å². The van der Waals surface area contributed by atoms with Crippen LogP contribution in [0.1, 0.15) is 5.69 Å².